The van der Waals surface area contributed by atoms with Crippen LogP contribution in [0, 0.1) is 11.8 Å². The van der Waals surface area contributed by atoms with E-state index in [1.54, 1.807) is 12.1 Å². The number of ether oxygens (including phenoxy) is 1. The summed E-state index contributed by atoms with van der Waals surface area (Å²) in [5, 5.41) is 2.53. The highest BCUT2D eigenvalue weighted by molar-refractivity contribution is 6.03. The molecule has 2 aromatic rings. The molecule has 0 radical (unpaired) electrons. The third kappa shape index (κ3) is 5.03. The Morgan fingerprint density at radius 1 is 1.19 bits per heavy atom. The second-order valence-electron chi connectivity index (χ2n) is 8.15. The lowest BCUT2D eigenvalue weighted by atomic mass is 9.82. The molecule has 2 amide bonds. The van der Waals surface area contributed by atoms with Gasteiger partial charge in [0.25, 0.3) is 5.91 Å². The molecule has 1 aliphatic carbocycles. The Balaban J connectivity index is 1.36. The number of halogens is 1. The fourth-order valence-corrected chi connectivity index (χ4v) is 4.40. The first kappa shape index (κ1) is 21.3. The Labute approximate surface area is 180 Å². The average Bonchev–Trinajstić information content (AvgIpc) is 3.49. The van der Waals surface area contributed by atoms with Crippen LogP contribution in [0.3, 0.4) is 0 Å². The van der Waals surface area contributed by atoms with Gasteiger partial charge in [-0.05, 0) is 56.6 Å². The van der Waals surface area contributed by atoms with Crippen LogP contribution in [-0.4, -0.2) is 52.6 Å². The molecular weight excluding hydrogens is 403 g/mol. The van der Waals surface area contributed by atoms with Crippen molar-refractivity contribution >= 4 is 17.8 Å². The number of carbonyl (C=O) groups excluding carboxylic acids is 2. The van der Waals surface area contributed by atoms with Crippen LogP contribution >= 0.6 is 0 Å². The number of amides is 2. The SMILES string of the molecule is O=C(Nc1ncco1)c1ncccc1OC[C@@H]1CCCN1C(=O)[C@H]1CC[C@@H](CF)CC1. The molecular formula is C22H27FN4O4. The van der Waals surface area contributed by atoms with Crippen molar-refractivity contribution in [2.24, 2.45) is 11.8 Å². The van der Waals surface area contributed by atoms with Gasteiger partial charge in [0.1, 0.15) is 12.9 Å². The molecule has 1 atom stereocenters. The van der Waals surface area contributed by atoms with E-state index in [0.29, 0.717) is 12.3 Å². The van der Waals surface area contributed by atoms with Gasteiger partial charge < -0.3 is 14.1 Å². The highest BCUT2D eigenvalue weighted by Crippen LogP contribution is 2.32. The molecule has 3 heterocycles. The van der Waals surface area contributed by atoms with Crippen molar-refractivity contribution in [3.8, 4) is 5.75 Å². The second-order valence-corrected chi connectivity index (χ2v) is 8.15. The van der Waals surface area contributed by atoms with Gasteiger partial charge in [0, 0.05) is 18.7 Å². The highest BCUT2D eigenvalue weighted by Gasteiger charge is 2.35. The molecule has 0 spiro atoms. The zero-order chi connectivity index (χ0) is 21.6. The lowest BCUT2D eigenvalue weighted by Crippen LogP contribution is -2.43. The number of oxazole rings is 1. The average molecular weight is 430 g/mol. The van der Waals surface area contributed by atoms with Gasteiger partial charge in [0.2, 0.25) is 5.91 Å². The molecule has 0 unspecified atom stereocenters. The topological polar surface area (TPSA) is 97.6 Å². The maximum Gasteiger partial charge on any atom is 0.301 e. The number of likely N-dealkylation sites (tertiary alicyclic amines) is 1. The molecule has 2 aromatic heterocycles. The molecule has 8 nitrogen and oxygen atoms in total. The first-order valence-electron chi connectivity index (χ1n) is 10.8. The minimum Gasteiger partial charge on any atom is -0.489 e. The summed E-state index contributed by atoms with van der Waals surface area (Å²) in [5.41, 5.74) is 0.126. The van der Waals surface area contributed by atoms with E-state index in [-0.39, 0.29) is 48.8 Å². The van der Waals surface area contributed by atoms with E-state index in [1.165, 1.54) is 18.7 Å². The van der Waals surface area contributed by atoms with Gasteiger partial charge in [-0.2, -0.15) is 0 Å². The van der Waals surface area contributed by atoms with Gasteiger partial charge in [-0.3, -0.25) is 19.3 Å². The molecule has 4 rings (SSSR count). The van der Waals surface area contributed by atoms with Gasteiger partial charge in [-0.25, -0.2) is 9.97 Å². The largest absolute Gasteiger partial charge is 0.489 e. The number of alkyl halides is 1. The van der Waals surface area contributed by atoms with E-state index in [1.807, 2.05) is 4.90 Å². The number of anilines is 1. The van der Waals surface area contributed by atoms with Crippen molar-refractivity contribution in [2.45, 2.75) is 44.6 Å². The molecule has 1 N–H and O–H groups in total. The molecule has 166 valence electrons. The van der Waals surface area contributed by atoms with Crippen LogP contribution in [-0.2, 0) is 4.79 Å². The molecule has 1 aliphatic heterocycles. The first-order valence-corrected chi connectivity index (χ1v) is 10.8. The van der Waals surface area contributed by atoms with Crippen LogP contribution in [0.1, 0.15) is 49.0 Å². The van der Waals surface area contributed by atoms with E-state index in [2.05, 4.69) is 15.3 Å². The maximum absolute atomic E-state index is 13.1. The van der Waals surface area contributed by atoms with Crippen molar-refractivity contribution in [2.75, 3.05) is 25.1 Å². The van der Waals surface area contributed by atoms with E-state index in [0.717, 1.165) is 38.5 Å². The standard InChI is InChI=1S/C22H27FN4O4/c23-13-15-5-7-16(8-6-15)21(29)27-11-2-3-17(27)14-31-18-4-1-9-24-19(18)20(28)26-22-25-10-12-30-22/h1,4,9-10,12,15-17H,2-3,5-8,11,13-14H2,(H,25,26,28)/t15-,16+,17-/m0/s1. The molecule has 0 bridgehead atoms. The zero-order valence-corrected chi connectivity index (χ0v) is 17.3. The Morgan fingerprint density at radius 3 is 2.77 bits per heavy atom. The number of aromatic nitrogens is 2. The minimum absolute atomic E-state index is 0.0241. The summed E-state index contributed by atoms with van der Waals surface area (Å²) >= 11 is 0. The van der Waals surface area contributed by atoms with Crippen LogP contribution in [0.15, 0.2) is 35.2 Å². The number of rotatable bonds is 7. The molecule has 9 heteroatoms. The third-order valence-electron chi connectivity index (χ3n) is 6.14. The van der Waals surface area contributed by atoms with Crippen LogP contribution in [0.2, 0.25) is 0 Å². The van der Waals surface area contributed by atoms with Crippen LogP contribution in [0.5, 0.6) is 5.75 Å². The Kier molecular flexibility index (Phi) is 6.79. The third-order valence-corrected chi connectivity index (χ3v) is 6.14. The predicted octanol–water partition coefficient (Wildman–Crippen LogP) is 3.47. The quantitative estimate of drug-likeness (QED) is 0.722. The van der Waals surface area contributed by atoms with Gasteiger partial charge in [-0.15, -0.1) is 0 Å². The van der Waals surface area contributed by atoms with Gasteiger partial charge in [-0.1, -0.05) is 0 Å². The number of carbonyl (C=O) groups is 2. The Morgan fingerprint density at radius 2 is 2.03 bits per heavy atom. The van der Waals surface area contributed by atoms with Crippen molar-refractivity contribution in [1.82, 2.24) is 14.9 Å². The van der Waals surface area contributed by atoms with E-state index in [4.69, 9.17) is 9.15 Å². The van der Waals surface area contributed by atoms with Crippen molar-refractivity contribution < 1.29 is 23.1 Å². The Hall–Kier alpha value is -2.97. The van der Waals surface area contributed by atoms with Gasteiger partial charge in [0.15, 0.2) is 11.4 Å². The molecule has 31 heavy (non-hydrogen) atoms. The summed E-state index contributed by atoms with van der Waals surface area (Å²) in [7, 11) is 0. The lowest BCUT2D eigenvalue weighted by Gasteiger charge is -2.32. The second kappa shape index (κ2) is 9.89. The maximum atomic E-state index is 13.1. The molecule has 1 saturated heterocycles. The lowest BCUT2D eigenvalue weighted by molar-refractivity contribution is -0.138. The normalized spacial score (nSPS) is 23.5. The number of hydrogen-bond acceptors (Lipinski definition) is 6. The fraction of sp³-hybridized carbons (Fsp3) is 0.545. The number of hydrogen-bond donors (Lipinski definition) is 1. The van der Waals surface area contributed by atoms with Gasteiger partial charge in [0.05, 0.1) is 18.9 Å². The monoisotopic (exact) mass is 430 g/mol. The fourth-order valence-electron chi connectivity index (χ4n) is 4.40. The molecule has 0 aromatic carbocycles. The zero-order valence-electron chi connectivity index (χ0n) is 17.3. The Bertz CT molecular complexity index is 883. The minimum atomic E-state index is -0.484. The summed E-state index contributed by atoms with van der Waals surface area (Å²) in [4.78, 5) is 35.5. The summed E-state index contributed by atoms with van der Waals surface area (Å²) in [6, 6.07) is 3.40. The smallest absolute Gasteiger partial charge is 0.301 e. The molecule has 1 saturated carbocycles. The van der Waals surface area contributed by atoms with E-state index >= 15 is 0 Å². The predicted molar refractivity (Wildman–Crippen MR) is 110 cm³/mol. The first-order chi connectivity index (χ1) is 15.2. The van der Waals surface area contributed by atoms with Crippen LogP contribution in [0.25, 0.3) is 0 Å². The number of nitrogens with one attached hydrogen (secondary N) is 1. The van der Waals surface area contributed by atoms with Crippen LogP contribution < -0.4 is 10.1 Å². The molecule has 2 fully saturated rings. The number of nitrogens with zero attached hydrogens (tertiary/aromatic N) is 3. The van der Waals surface area contributed by atoms with Gasteiger partial charge >= 0.3 is 6.01 Å². The summed E-state index contributed by atoms with van der Waals surface area (Å²) in [6.07, 6.45) is 9.14. The molecule has 2 aliphatic rings. The van der Waals surface area contributed by atoms with E-state index in [9.17, 15) is 14.0 Å². The van der Waals surface area contributed by atoms with Crippen LogP contribution in [0.4, 0.5) is 10.4 Å². The highest BCUT2D eigenvalue weighted by atomic mass is 19.1. The summed E-state index contributed by atoms with van der Waals surface area (Å²) in [5.74, 6) is 0.0880. The number of pyridine rings is 1. The summed E-state index contributed by atoms with van der Waals surface area (Å²) in [6.45, 7) is 0.703. The van der Waals surface area contributed by atoms with Crippen molar-refractivity contribution in [3.63, 3.8) is 0 Å². The van der Waals surface area contributed by atoms with Crippen molar-refractivity contribution in [1.29, 1.82) is 0 Å². The summed E-state index contributed by atoms with van der Waals surface area (Å²) < 4.78 is 23.9. The van der Waals surface area contributed by atoms with Crippen molar-refractivity contribution in [3.05, 3.63) is 36.5 Å². The van der Waals surface area contributed by atoms with E-state index < -0.39 is 5.91 Å².